The number of rotatable bonds is 3. The second kappa shape index (κ2) is 6.64. The summed E-state index contributed by atoms with van der Waals surface area (Å²) in [6, 6.07) is 2.77. The van der Waals surface area contributed by atoms with E-state index in [9.17, 15) is 13.2 Å². The third-order valence-electron chi connectivity index (χ3n) is 3.24. The molecule has 0 unspecified atom stereocenters. The molecule has 0 aliphatic carbocycles. The van der Waals surface area contributed by atoms with E-state index in [-0.39, 0.29) is 16.6 Å². The first-order chi connectivity index (χ1) is 9.79. The van der Waals surface area contributed by atoms with Crippen LogP contribution in [0.25, 0.3) is 0 Å². The molecule has 1 fully saturated rings. The highest BCUT2D eigenvalue weighted by Crippen LogP contribution is 2.28. The largest absolute Gasteiger partial charge is 0.459 e. The molecular weight excluding hydrogens is 384 g/mol. The van der Waals surface area contributed by atoms with E-state index in [1.807, 2.05) is 0 Å². The van der Waals surface area contributed by atoms with Crippen molar-refractivity contribution in [2.45, 2.75) is 30.8 Å². The number of benzene rings is 1. The zero-order valence-corrected chi connectivity index (χ0v) is 14.4. The van der Waals surface area contributed by atoms with Crippen molar-refractivity contribution in [3.8, 4) is 0 Å². The zero-order valence-electron chi connectivity index (χ0n) is 11.3. The minimum absolute atomic E-state index is 0.0996. The van der Waals surface area contributed by atoms with Gasteiger partial charge in [-0.2, -0.15) is 0 Å². The maximum Gasteiger partial charge on any atom is 0.338 e. The first kappa shape index (κ1) is 16.7. The van der Waals surface area contributed by atoms with E-state index in [0.29, 0.717) is 36.1 Å². The third-order valence-corrected chi connectivity index (χ3v) is 5.51. The highest BCUT2D eigenvalue weighted by Gasteiger charge is 2.23. The standard InChI is InChI=1S/C13H14BrClO5S/c1-8-11(14)6-9(7-12(8)21(15,17)18)13(16)20-10-2-4-19-5-3-10/h6-7,10H,2-5H2,1H3. The van der Waals surface area contributed by atoms with Gasteiger partial charge >= 0.3 is 5.97 Å². The number of hydrogen-bond acceptors (Lipinski definition) is 5. The minimum atomic E-state index is -3.93. The molecular formula is C13H14BrClO5S. The summed E-state index contributed by atoms with van der Waals surface area (Å²) in [6.45, 7) is 2.71. The maximum atomic E-state index is 12.1. The van der Waals surface area contributed by atoms with Crippen LogP contribution in [0.3, 0.4) is 0 Å². The zero-order chi connectivity index (χ0) is 15.6. The Labute approximate surface area is 136 Å². The lowest BCUT2D eigenvalue weighted by molar-refractivity contribution is -0.0159. The summed E-state index contributed by atoms with van der Waals surface area (Å²) in [4.78, 5) is 12.0. The molecule has 1 aromatic rings. The van der Waals surface area contributed by atoms with Crippen LogP contribution in [0.2, 0.25) is 0 Å². The van der Waals surface area contributed by atoms with Crippen molar-refractivity contribution in [1.82, 2.24) is 0 Å². The average Bonchev–Trinajstić information content (AvgIpc) is 2.41. The molecule has 2 rings (SSSR count). The Bertz CT molecular complexity index is 653. The smallest absolute Gasteiger partial charge is 0.338 e. The molecule has 0 atom stereocenters. The summed E-state index contributed by atoms with van der Waals surface area (Å²) >= 11 is 3.23. The van der Waals surface area contributed by atoms with Gasteiger partial charge in [0.05, 0.1) is 23.7 Å². The Kier molecular flexibility index (Phi) is 5.29. The van der Waals surface area contributed by atoms with Crippen LogP contribution in [0.5, 0.6) is 0 Å². The number of carbonyl (C=O) groups excluding carboxylic acids is 1. The fraction of sp³-hybridized carbons (Fsp3) is 0.462. The van der Waals surface area contributed by atoms with Crippen molar-refractivity contribution in [2.24, 2.45) is 0 Å². The molecule has 8 heteroatoms. The summed E-state index contributed by atoms with van der Waals surface area (Å²) in [6.07, 6.45) is 1.07. The van der Waals surface area contributed by atoms with E-state index in [2.05, 4.69) is 15.9 Å². The van der Waals surface area contributed by atoms with Crippen LogP contribution >= 0.6 is 26.6 Å². The topological polar surface area (TPSA) is 69.7 Å². The van der Waals surface area contributed by atoms with Gasteiger partial charge in [0.2, 0.25) is 0 Å². The van der Waals surface area contributed by atoms with E-state index in [1.165, 1.54) is 12.1 Å². The molecule has 0 radical (unpaired) electrons. The van der Waals surface area contributed by atoms with Crippen LogP contribution in [0.15, 0.2) is 21.5 Å². The van der Waals surface area contributed by atoms with Crippen LogP contribution in [-0.4, -0.2) is 33.7 Å². The Morgan fingerprint density at radius 3 is 2.57 bits per heavy atom. The predicted octanol–water partition coefficient (Wildman–Crippen LogP) is 3.02. The highest BCUT2D eigenvalue weighted by atomic mass is 79.9. The second-order valence-corrected chi connectivity index (χ2v) is 8.12. The van der Waals surface area contributed by atoms with Gasteiger partial charge < -0.3 is 9.47 Å². The molecule has 1 aliphatic rings. The molecule has 0 saturated carbocycles. The highest BCUT2D eigenvalue weighted by molar-refractivity contribution is 9.10. The van der Waals surface area contributed by atoms with Crippen molar-refractivity contribution < 1.29 is 22.7 Å². The first-order valence-electron chi connectivity index (χ1n) is 6.32. The molecule has 1 saturated heterocycles. The molecule has 21 heavy (non-hydrogen) atoms. The second-order valence-electron chi connectivity index (χ2n) is 4.74. The predicted molar refractivity (Wildman–Crippen MR) is 81.2 cm³/mol. The molecule has 1 heterocycles. The fourth-order valence-corrected chi connectivity index (χ4v) is 3.85. The van der Waals surface area contributed by atoms with Gasteiger partial charge in [-0.15, -0.1) is 0 Å². The first-order valence-corrected chi connectivity index (χ1v) is 9.43. The fourth-order valence-electron chi connectivity index (χ4n) is 2.04. The van der Waals surface area contributed by atoms with E-state index in [1.54, 1.807) is 6.92 Å². The number of hydrogen-bond donors (Lipinski definition) is 0. The number of halogens is 2. The van der Waals surface area contributed by atoms with E-state index in [4.69, 9.17) is 20.2 Å². The molecule has 116 valence electrons. The van der Waals surface area contributed by atoms with Crippen LogP contribution in [-0.2, 0) is 18.5 Å². The van der Waals surface area contributed by atoms with Crippen LogP contribution in [0.4, 0.5) is 0 Å². The third kappa shape index (κ3) is 4.18. The van der Waals surface area contributed by atoms with Gasteiger partial charge in [-0.3, -0.25) is 0 Å². The van der Waals surface area contributed by atoms with Gasteiger partial charge in [0.15, 0.2) is 0 Å². The molecule has 1 aromatic carbocycles. The summed E-state index contributed by atoms with van der Waals surface area (Å²) in [5, 5.41) is 0. The molecule has 5 nitrogen and oxygen atoms in total. The monoisotopic (exact) mass is 396 g/mol. The van der Waals surface area contributed by atoms with Crippen molar-refractivity contribution in [3.05, 3.63) is 27.7 Å². The molecule has 0 aromatic heterocycles. The summed E-state index contributed by atoms with van der Waals surface area (Å²) in [5.41, 5.74) is 0.603. The van der Waals surface area contributed by atoms with Gasteiger partial charge in [0, 0.05) is 28.0 Å². The van der Waals surface area contributed by atoms with Gasteiger partial charge in [0.1, 0.15) is 6.10 Å². The van der Waals surface area contributed by atoms with Crippen molar-refractivity contribution >= 4 is 41.6 Å². The molecule has 0 N–H and O–H groups in total. The molecule has 1 aliphatic heterocycles. The molecule has 0 spiro atoms. The SMILES string of the molecule is Cc1c(Br)cc(C(=O)OC2CCOCC2)cc1S(=O)(=O)Cl. The van der Waals surface area contributed by atoms with Crippen molar-refractivity contribution in [3.63, 3.8) is 0 Å². The van der Waals surface area contributed by atoms with Crippen molar-refractivity contribution in [2.75, 3.05) is 13.2 Å². The Morgan fingerprint density at radius 1 is 1.38 bits per heavy atom. The van der Waals surface area contributed by atoms with E-state index < -0.39 is 15.0 Å². The molecule has 0 amide bonds. The van der Waals surface area contributed by atoms with Crippen molar-refractivity contribution in [1.29, 1.82) is 0 Å². The Morgan fingerprint density at radius 2 is 2.00 bits per heavy atom. The Balaban J connectivity index is 2.27. The van der Waals surface area contributed by atoms with E-state index in [0.717, 1.165) is 0 Å². The Hall–Kier alpha value is -0.630. The van der Waals surface area contributed by atoms with Gasteiger partial charge in [-0.25, -0.2) is 13.2 Å². The number of esters is 1. The van der Waals surface area contributed by atoms with E-state index >= 15 is 0 Å². The average molecular weight is 398 g/mol. The van der Waals surface area contributed by atoms with Gasteiger partial charge in [0.25, 0.3) is 9.05 Å². The lowest BCUT2D eigenvalue weighted by Crippen LogP contribution is -2.26. The molecule has 0 bridgehead atoms. The number of ether oxygens (including phenoxy) is 2. The lowest BCUT2D eigenvalue weighted by atomic mass is 10.1. The number of carbonyl (C=O) groups is 1. The summed E-state index contributed by atoms with van der Waals surface area (Å²) in [5.74, 6) is -0.566. The maximum absolute atomic E-state index is 12.1. The van der Waals surface area contributed by atoms with Gasteiger partial charge in [-0.1, -0.05) is 15.9 Å². The summed E-state index contributed by atoms with van der Waals surface area (Å²) < 4.78 is 34.1. The summed E-state index contributed by atoms with van der Waals surface area (Å²) in [7, 11) is 1.46. The minimum Gasteiger partial charge on any atom is -0.459 e. The van der Waals surface area contributed by atoms with Gasteiger partial charge in [-0.05, 0) is 24.6 Å². The van der Waals surface area contributed by atoms with Crippen LogP contribution < -0.4 is 0 Å². The van der Waals surface area contributed by atoms with Crippen LogP contribution in [0, 0.1) is 6.92 Å². The lowest BCUT2D eigenvalue weighted by Gasteiger charge is -2.22. The van der Waals surface area contributed by atoms with Crippen LogP contribution in [0.1, 0.15) is 28.8 Å². The normalized spacial score (nSPS) is 16.7. The quantitative estimate of drug-likeness (QED) is 0.579.